The van der Waals surface area contributed by atoms with E-state index in [1.54, 1.807) is 0 Å². The highest BCUT2D eigenvalue weighted by molar-refractivity contribution is 7.92. The van der Waals surface area contributed by atoms with Gasteiger partial charge >= 0.3 is 5.97 Å². The van der Waals surface area contributed by atoms with Crippen LogP contribution in [0.4, 0.5) is 5.69 Å². The Morgan fingerprint density at radius 2 is 1.89 bits per heavy atom. The maximum Gasteiger partial charge on any atom is 0.306 e. The van der Waals surface area contributed by atoms with Crippen LogP contribution in [-0.4, -0.2) is 39.4 Å². The first kappa shape index (κ1) is 14.3. The summed E-state index contributed by atoms with van der Waals surface area (Å²) in [7, 11) is -0.986. The molecular formula is C11H15NO5S. The second kappa shape index (κ2) is 5.72. The number of nitrogens with zero attached hydrogens (tertiary/aromatic N) is 1. The highest BCUT2D eigenvalue weighted by Crippen LogP contribution is 2.20. The van der Waals surface area contributed by atoms with Gasteiger partial charge in [0.2, 0.25) is 10.0 Å². The monoisotopic (exact) mass is 273 g/mol. The highest BCUT2D eigenvalue weighted by Gasteiger charge is 2.20. The number of phenolic OH excluding ortho intramolecular Hbond substituents is 1. The number of ether oxygens (including phenoxy) is 1. The van der Waals surface area contributed by atoms with Crippen LogP contribution >= 0.6 is 0 Å². The lowest BCUT2D eigenvalue weighted by atomic mass is 10.3. The van der Waals surface area contributed by atoms with Crippen LogP contribution in [-0.2, 0) is 19.6 Å². The van der Waals surface area contributed by atoms with Crippen LogP contribution in [0.1, 0.15) is 6.42 Å². The molecule has 0 saturated carbocycles. The molecule has 0 unspecified atom stereocenters. The van der Waals surface area contributed by atoms with E-state index in [2.05, 4.69) is 4.74 Å². The van der Waals surface area contributed by atoms with Gasteiger partial charge in [-0.3, -0.25) is 9.10 Å². The average molecular weight is 273 g/mol. The largest absolute Gasteiger partial charge is 0.508 e. The SMILES string of the molecule is COC(=O)CCS(=O)(=O)N(C)c1ccc(O)cc1. The van der Waals surface area contributed by atoms with Gasteiger partial charge in [0.25, 0.3) is 0 Å². The summed E-state index contributed by atoms with van der Waals surface area (Å²) in [5.41, 5.74) is 0.415. The van der Waals surface area contributed by atoms with Gasteiger partial charge in [0.1, 0.15) is 5.75 Å². The van der Waals surface area contributed by atoms with Gasteiger partial charge in [-0.2, -0.15) is 0 Å². The molecule has 0 aliphatic heterocycles. The summed E-state index contributed by atoms with van der Waals surface area (Å²) in [6.45, 7) is 0. The summed E-state index contributed by atoms with van der Waals surface area (Å²) < 4.78 is 29.2. The number of phenols is 1. The van der Waals surface area contributed by atoms with E-state index in [1.807, 2.05) is 0 Å². The van der Waals surface area contributed by atoms with Crippen molar-refractivity contribution in [2.45, 2.75) is 6.42 Å². The Labute approximate surface area is 106 Å². The van der Waals surface area contributed by atoms with Gasteiger partial charge in [-0.1, -0.05) is 0 Å². The minimum atomic E-state index is -3.58. The molecule has 0 aromatic heterocycles. The molecule has 18 heavy (non-hydrogen) atoms. The van der Waals surface area contributed by atoms with Gasteiger partial charge in [0.15, 0.2) is 0 Å². The van der Waals surface area contributed by atoms with E-state index in [0.717, 1.165) is 4.31 Å². The smallest absolute Gasteiger partial charge is 0.306 e. The molecule has 0 spiro atoms. The summed E-state index contributed by atoms with van der Waals surface area (Å²) in [4.78, 5) is 10.9. The number of esters is 1. The Bertz CT molecular complexity index is 509. The van der Waals surface area contributed by atoms with Crippen LogP contribution in [0.5, 0.6) is 5.75 Å². The van der Waals surface area contributed by atoms with Gasteiger partial charge < -0.3 is 9.84 Å². The summed E-state index contributed by atoms with van der Waals surface area (Å²) in [5.74, 6) is -0.839. The maximum atomic E-state index is 11.9. The van der Waals surface area contributed by atoms with Crippen molar-refractivity contribution in [2.75, 3.05) is 24.2 Å². The second-order valence-corrected chi connectivity index (χ2v) is 5.75. The standard InChI is InChI=1S/C11H15NO5S/c1-12(9-3-5-10(13)6-4-9)18(15,16)8-7-11(14)17-2/h3-6,13H,7-8H2,1-2H3. The van der Waals surface area contributed by atoms with Crippen molar-refractivity contribution in [3.63, 3.8) is 0 Å². The number of carbonyl (C=O) groups excluding carboxylic acids is 1. The predicted octanol–water partition coefficient (Wildman–Crippen LogP) is 0.721. The first-order valence-electron chi connectivity index (χ1n) is 5.19. The zero-order chi connectivity index (χ0) is 13.8. The topological polar surface area (TPSA) is 83.9 Å². The van der Waals surface area contributed by atoms with Crippen LogP contribution in [0.3, 0.4) is 0 Å². The molecule has 7 heteroatoms. The molecule has 1 aromatic rings. The van der Waals surface area contributed by atoms with E-state index >= 15 is 0 Å². The number of aromatic hydroxyl groups is 1. The Hall–Kier alpha value is -1.76. The van der Waals surface area contributed by atoms with Crippen molar-refractivity contribution < 1.29 is 23.1 Å². The van der Waals surface area contributed by atoms with E-state index in [-0.39, 0.29) is 17.9 Å². The second-order valence-electron chi connectivity index (χ2n) is 3.63. The minimum absolute atomic E-state index is 0.0547. The van der Waals surface area contributed by atoms with Gasteiger partial charge in [0, 0.05) is 7.05 Å². The van der Waals surface area contributed by atoms with Gasteiger partial charge in [-0.25, -0.2) is 8.42 Å². The van der Waals surface area contributed by atoms with Gasteiger partial charge in [-0.15, -0.1) is 0 Å². The summed E-state index contributed by atoms with van der Waals surface area (Å²) >= 11 is 0. The molecule has 6 nitrogen and oxygen atoms in total. The minimum Gasteiger partial charge on any atom is -0.508 e. The number of benzene rings is 1. The number of hydrogen-bond donors (Lipinski definition) is 1. The molecule has 0 saturated heterocycles. The number of hydrogen-bond acceptors (Lipinski definition) is 5. The molecule has 0 bridgehead atoms. The molecule has 1 N–H and O–H groups in total. The fraction of sp³-hybridized carbons (Fsp3) is 0.364. The zero-order valence-electron chi connectivity index (χ0n) is 10.2. The van der Waals surface area contributed by atoms with Crippen LogP contribution < -0.4 is 4.31 Å². The maximum absolute atomic E-state index is 11.9. The normalized spacial score (nSPS) is 11.0. The molecular weight excluding hydrogens is 258 g/mol. The van der Waals surface area contributed by atoms with E-state index in [1.165, 1.54) is 38.4 Å². The van der Waals surface area contributed by atoms with Crippen LogP contribution in [0, 0.1) is 0 Å². The van der Waals surface area contributed by atoms with Gasteiger partial charge in [0.05, 0.1) is 25.0 Å². The van der Waals surface area contributed by atoms with E-state index < -0.39 is 16.0 Å². The Kier molecular flexibility index (Phi) is 4.55. The molecule has 0 amide bonds. The fourth-order valence-electron chi connectivity index (χ4n) is 1.27. The molecule has 0 fully saturated rings. The molecule has 1 aromatic carbocycles. The van der Waals surface area contributed by atoms with E-state index in [0.29, 0.717) is 5.69 Å². The molecule has 0 atom stereocenters. The van der Waals surface area contributed by atoms with Crippen molar-refractivity contribution in [3.8, 4) is 5.75 Å². The zero-order valence-corrected chi connectivity index (χ0v) is 11.0. The quantitative estimate of drug-likeness (QED) is 0.799. The molecule has 0 radical (unpaired) electrons. The number of anilines is 1. The summed E-state index contributed by atoms with van der Waals surface area (Å²) in [5, 5.41) is 9.12. The molecule has 100 valence electrons. The van der Waals surface area contributed by atoms with Crippen LogP contribution in [0.2, 0.25) is 0 Å². The number of carbonyl (C=O) groups is 1. The molecule has 0 aliphatic rings. The Balaban J connectivity index is 2.78. The van der Waals surface area contributed by atoms with Crippen LogP contribution in [0.15, 0.2) is 24.3 Å². The average Bonchev–Trinajstić information content (AvgIpc) is 2.36. The van der Waals surface area contributed by atoms with Crippen molar-refractivity contribution >= 4 is 21.7 Å². The summed E-state index contributed by atoms with van der Waals surface area (Å²) in [6, 6.07) is 5.74. The lowest BCUT2D eigenvalue weighted by Crippen LogP contribution is -2.30. The number of sulfonamides is 1. The third-order valence-corrected chi connectivity index (χ3v) is 4.19. The van der Waals surface area contributed by atoms with Crippen LogP contribution in [0.25, 0.3) is 0 Å². The highest BCUT2D eigenvalue weighted by atomic mass is 32.2. The first-order valence-corrected chi connectivity index (χ1v) is 6.80. The molecule has 0 heterocycles. The third-order valence-electron chi connectivity index (χ3n) is 2.42. The lowest BCUT2D eigenvalue weighted by molar-refractivity contribution is -0.140. The van der Waals surface area contributed by atoms with E-state index in [9.17, 15) is 13.2 Å². The fourth-order valence-corrected chi connectivity index (χ4v) is 2.42. The lowest BCUT2D eigenvalue weighted by Gasteiger charge is -2.19. The summed E-state index contributed by atoms with van der Waals surface area (Å²) in [6.07, 6.45) is -0.193. The van der Waals surface area contributed by atoms with Crippen molar-refractivity contribution in [3.05, 3.63) is 24.3 Å². The molecule has 0 aliphatic carbocycles. The predicted molar refractivity (Wildman–Crippen MR) is 66.9 cm³/mol. The van der Waals surface area contributed by atoms with Crippen molar-refractivity contribution in [1.82, 2.24) is 0 Å². The third kappa shape index (κ3) is 3.63. The number of rotatable bonds is 5. The van der Waals surface area contributed by atoms with Crippen molar-refractivity contribution in [2.24, 2.45) is 0 Å². The Morgan fingerprint density at radius 1 is 1.33 bits per heavy atom. The van der Waals surface area contributed by atoms with E-state index in [4.69, 9.17) is 5.11 Å². The Morgan fingerprint density at radius 3 is 2.39 bits per heavy atom. The molecule has 1 rings (SSSR count). The van der Waals surface area contributed by atoms with Gasteiger partial charge in [-0.05, 0) is 24.3 Å². The van der Waals surface area contributed by atoms with Crippen molar-refractivity contribution in [1.29, 1.82) is 0 Å². The number of methoxy groups -OCH3 is 1. The first-order chi connectivity index (χ1) is 8.36.